The summed E-state index contributed by atoms with van der Waals surface area (Å²) in [5.74, 6) is -0.238. The van der Waals surface area contributed by atoms with Crippen molar-refractivity contribution in [2.24, 2.45) is 0 Å². The van der Waals surface area contributed by atoms with Crippen molar-refractivity contribution in [3.63, 3.8) is 0 Å². The van der Waals surface area contributed by atoms with E-state index in [4.69, 9.17) is 4.74 Å². The van der Waals surface area contributed by atoms with Gasteiger partial charge in [-0.15, -0.1) is 0 Å². The molecule has 29 heavy (non-hydrogen) atoms. The Morgan fingerprint density at radius 1 is 1.21 bits per heavy atom. The lowest BCUT2D eigenvalue weighted by atomic mass is 9.92. The molecule has 0 bridgehead atoms. The van der Waals surface area contributed by atoms with Crippen molar-refractivity contribution in [2.45, 2.75) is 57.0 Å². The summed E-state index contributed by atoms with van der Waals surface area (Å²) in [7, 11) is 3.48. The van der Waals surface area contributed by atoms with E-state index in [-0.39, 0.29) is 12.5 Å². The van der Waals surface area contributed by atoms with Crippen LogP contribution in [0.5, 0.6) is 5.75 Å². The molecule has 0 aromatic heterocycles. The fourth-order valence-corrected chi connectivity index (χ4v) is 4.07. The average Bonchev–Trinajstić information content (AvgIpc) is 2.92. The number of imide groups is 1. The molecule has 1 aliphatic heterocycles. The molecule has 158 valence electrons. The minimum atomic E-state index is -1.25. The summed E-state index contributed by atoms with van der Waals surface area (Å²) in [6.45, 7) is 1.76. The van der Waals surface area contributed by atoms with Crippen LogP contribution < -0.4 is 15.5 Å². The lowest BCUT2D eigenvalue weighted by molar-refractivity contribution is -0.139. The van der Waals surface area contributed by atoms with Gasteiger partial charge in [0.1, 0.15) is 11.3 Å². The Labute approximate surface area is 171 Å². The van der Waals surface area contributed by atoms with Crippen LogP contribution in [0.2, 0.25) is 0 Å². The van der Waals surface area contributed by atoms with Crippen LogP contribution in [0, 0.1) is 0 Å². The minimum absolute atomic E-state index is 0.140. The van der Waals surface area contributed by atoms with E-state index < -0.39 is 17.5 Å². The van der Waals surface area contributed by atoms with Gasteiger partial charge in [-0.1, -0.05) is 37.8 Å². The van der Waals surface area contributed by atoms with Crippen LogP contribution in [0.4, 0.5) is 4.79 Å². The van der Waals surface area contributed by atoms with Gasteiger partial charge in [-0.05, 0) is 44.5 Å². The molecule has 2 N–H and O–H groups in total. The van der Waals surface area contributed by atoms with Crippen molar-refractivity contribution in [3.8, 4) is 5.75 Å². The SMILES string of the molecule is COc1ccc(C2(C)NC(=O)N(NC(=O)CN(C)C3CCCCCC3)C2=O)cc1. The van der Waals surface area contributed by atoms with Gasteiger partial charge >= 0.3 is 6.03 Å². The highest BCUT2D eigenvalue weighted by Gasteiger charge is 2.50. The molecule has 1 aromatic carbocycles. The topological polar surface area (TPSA) is 91.0 Å². The fourth-order valence-electron chi connectivity index (χ4n) is 4.07. The molecule has 1 saturated carbocycles. The number of carbonyl (C=O) groups is 3. The zero-order chi connectivity index (χ0) is 21.0. The number of hydrogen-bond acceptors (Lipinski definition) is 5. The third-order valence-corrected chi connectivity index (χ3v) is 5.94. The molecule has 1 aromatic rings. The van der Waals surface area contributed by atoms with Gasteiger partial charge in [0.05, 0.1) is 13.7 Å². The monoisotopic (exact) mass is 402 g/mol. The van der Waals surface area contributed by atoms with E-state index in [1.807, 2.05) is 11.9 Å². The highest BCUT2D eigenvalue weighted by atomic mass is 16.5. The van der Waals surface area contributed by atoms with Crippen molar-refractivity contribution in [2.75, 3.05) is 20.7 Å². The number of urea groups is 1. The van der Waals surface area contributed by atoms with Gasteiger partial charge in [0, 0.05) is 6.04 Å². The van der Waals surface area contributed by atoms with Gasteiger partial charge in [-0.3, -0.25) is 19.9 Å². The van der Waals surface area contributed by atoms with E-state index in [0.717, 1.165) is 17.9 Å². The minimum Gasteiger partial charge on any atom is -0.497 e. The predicted molar refractivity (Wildman–Crippen MR) is 108 cm³/mol. The summed E-state index contributed by atoms with van der Waals surface area (Å²) in [4.78, 5) is 39.9. The highest BCUT2D eigenvalue weighted by Crippen LogP contribution is 2.29. The molecule has 1 heterocycles. The summed E-state index contributed by atoms with van der Waals surface area (Å²) in [5, 5.41) is 3.47. The van der Waals surface area contributed by atoms with Crippen LogP contribution in [-0.4, -0.2) is 54.5 Å². The van der Waals surface area contributed by atoms with E-state index >= 15 is 0 Å². The van der Waals surface area contributed by atoms with Crippen molar-refractivity contribution in [3.05, 3.63) is 29.8 Å². The lowest BCUT2D eigenvalue weighted by Gasteiger charge is -2.27. The number of hydrazine groups is 1. The first kappa shape index (κ1) is 21.1. The Kier molecular flexibility index (Phi) is 6.42. The largest absolute Gasteiger partial charge is 0.497 e. The Balaban J connectivity index is 1.63. The summed E-state index contributed by atoms with van der Waals surface area (Å²) >= 11 is 0. The summed E-state index contributed by atoms with van der Waals surface area (Å²) in [6, 6.07) is 6.62. The Bertz CT molecular complexity index is 758. The second-order valence-electron chi connectivity index (χ2n) is 8.02. The number of methoxy groups -OCH3 is 1. The molecule has 0 radical (unpaired) electrons. The number of hydrogen-bond donors (Lipinski definition) is 2. The van der Waals surface area contributed by atoms with E-state index in [1.165, 1.54) is 25.7 Å². The van der Waals surface area contributed by atoms with Crippen LogP contribution in [-0.2, 0) is 15.1 Å². The van der Waals surface area contributed by atoms with Gasteiger partial charge in [0.15, 0.2) is 0 Å². The number of carbonyl (C=O) groups excluding carboxylic acids is 3. The van der Waals surface area contributed by atoms with Gasteiger partial charge in [-0.2, -0.15) is 5.01 Å². The average molecular weight is 402 g/mol. The third kappa shape index (κ3) is 4.53. The zero-order valence-electron chi connectivity index (χ0n) is 17.4. The third-order valence-electron chi connectivity index (χ3n) is 5.94. The van der Waals surface area contributed by atoms with Crippen LogP contribution in [0.15, 0.2) is 24.3 Å². The van der Waals surface area contributed by atoms with Crippen LogP contribution >= 0.6 is 0 Å². The second kappa shape index (κ2) is 8.82. The van der Waals surface area contributed by atoms with E-state index in [1.54, 1.807) is 38.3 Å². The smallest absolute Gasteiger partial charge is 0.344 e. The quantitative estimate of drug-likeness (QED) is 0.562. The normalized spacial score (nSPS) is 23.1. The van der Waals surface area contributed by atoms with Crippen LogP contribution in [0.25, 0.3) is 0 Å². The molecular formula is C21H30N4O4. The van der Waals surface area contributed by atoms with Gasteiger partial charge in [0.2, 0.25) is 0 Å². The number of ether oxygens (including phenoxy) is 1. The highest BCUT2D eigenvalue weighted by molar-refractivity contribution is 6.08. The number of rotatable bonds is 6. The maximum Gasteiger partial charge on any atom is 0.344 e. The zero-order valence-corrected chi connectivity index (χ0v) is 17.4. The van der Waals surface area contributed by atoms with Gasteiger partial charge in [0.25, 0.3) is 11.8 Å². The first-order valence-corrected chi connectivity index (χ1v) is 10.2. The molecule has 1 atom stereocenters. The fraction of sp³-hybridized carbons (Fsp3) is 0.571. The Morgan fingerprint density at radius 3 is 2.41 bits per heavy atom. The van der Waals surface area contributed by atoms with E-state index in [0.29, 0.717) is 17.4 Å². The molecule has 3 rings (SSSR count). The molecule has 1 saturated heterocycles. The summed E-state index contributed by atoms with van der Waals surface area (Å²) in [6.07, 6.45) is 6.96. The molecule has 1 unspecified atom stereocenters. The van der Waals surface area contributed by atoms with E-state index in [2.05, 4.69) is 10.7 Å². The first-order chi connectivity index (χ1) is 13.8. The molecule has 4 amide bonds. The molecular weight excluding hydrogens is 372 g/mol. The molecule has 1 aliphatic carbocycles. The number of nitrogens with zero attached hydrogens (tertiary/aromatic N) is 2. The van der Waals surface area contributed by atoms with Crippen molar-refractivity contribution in [1.82, 2.24) is 20.7 Å². The number of amides is 4. The number of benzene rings is 1. The number of nitrogens with one attached hydrogen (secondary N) is 2. The van der Waals surface area contributed by atoms with Crippen LogP contribution in [0.1, 0.15) is 51.0 Å². The maximum atomic E-state index is 12.9. The molecule has 8 nitrogen and oxygen atoms in total. The molecule has 2 aliphatic rings. The Morgan fingerprint density at radius 2 is 1.83 bits per heavy atom. The van der Waals surface area contributed by atoms with E-state index in [9.17, 15) is 14.4 Å². The summed E-state index contributed by atoms with van der Waals surface area (Å²) in [5.41, 5.74) is 1.85. The van der Waals surface area contributed by atoms with Crippen LogP contribution in [0.3, 0.4) is 0 Å². The standard InChI is InChI=1S/C21H30N4O4/c1-21(15-10-12-17(29-3)13-11-15)19(27)25(20(28)22-21)23-18(26)14-24(2)16-8-6-4-5-7-9-16/h10-13,16H,4-9,14H2,1-3H3,(H,22,28)(H,23,26). The number of likely N-dealkylation sites (N-methyl/N-ethyl adjacent to an activating group) is 1. The van der Waals surface area contributed by atoms with Gasteiger partial charge < -0.3 is 10.1 Å². The second-order valence-corrected chi connectivity index (χ2v) is 8.02. The maximum absolute atomic E-state index is 12.9. The summed E-state index contributed by atoms with van der Waals surface area (Å²) < 4.78 is 5.14. The van der Waals surface area contributed by atoms with Crippen molar-refractivity contribution >= 4 is 17.8 Å². The predicted octanol–water partition coefficient (Wildman–Crippen LogP) is 2.15. The molecule has 0 spiro atoms. The Hall–Kier alpha value is -2.61. The lowest BCUT2D eigenvalue weighted by Crippen LogP contribution is -2.51. The molecule has 2 fully saturated rings. The first-order valence-electron chi connectivity index (χ1n) is 10.2. The van der Waals surface area contributed by atoms with Gasteiger partial charge in [-0.25, -0.2) is 4.79 Å². The van der Waals surface area contributed by atoms with Crippen molar-refractivity contribution in [1.29, 1.82) is 0 Å². The van der Waals surface area contributed by atoms with Crippen molar-refractivity contribution < 1.29 is 19.1 Å². The molecule has 8 heteroatoms.